The lowest BCUT2D eigenvalue weighted by Crippen LogP contribution is -2.47. The molecule has 0 N–H and O–H groups in total. The van der Waals surface area contributed by atoms with Crippen molar-refractivity contribution in [1.29, 1.82) is 0 Å². The molecule has 21 heavy (non-hydrogen) atoms. The van der Waals surface area contributed by atoms with Crippen molar-refractivity contribution in [3.05, 3.63) is 12.7 Å². The van der Waals surface area contributed by atoms with Gasteiger partial charge in [-0.2, -0.15) is 5.10 Å². The molecular weight excluding hydrogens is 266 g/mol. The SMILES string of the molecule is CN1CCC[C@H]1[C@H]1CCCN1C(=O)CCCn1cncn1. The van der Waals surface area contributed by atoms with Gasteiger partial charge in [0.1, 0.15) is 12.7 Å². The summed E-state index contributed by atoms with van der Waals surface area (Å²) in [5, 5.41) is 4.07. The minimum atomic E-state index is 0.318. The Morgan fingerprint density at radius 3 is 2.76 bits per heavy atom. The van der Waals surface area contributed by atoms with E-state index in [2.05, 4.69) is 26.9 Å². The molecule has 2 saturated heterocycles. The molecule has 116 valence electrons. The predicted molar refractivity (Wildman–Crippen MR) is 79.6 cm³/mol. The number of hydrogen-bond donors (Lipinski definition) is 0. The summed E-state index contributed by atoms with van der Waals surface area (Å²) in [5.41, 5.74) is 0. The number of nitrogens with zero attached hydrogens (tertiary/aromatic N) is 5. The lowest BCUT2D eigenvalue weighted by atomic mass is 10.0. The van der Waals surface area contributed by atoms with Gasteiger partial charge in [0.25, 0.3) is 0 Å². The predicted octanol–water partition coefficient (Wildman–Crippen LogP) is 1.14. The fourth-order valence-corrected chi connectivity index (χ4v) is 3.81. The largest absolute Gasteiger partial charge is 0.338 e. The van der Waals surface area contributed by atoms with E-state index < -0.39 is 0 Å². The van der Waals surface area contributed by atoms with Crippen molar-refractivity contribution >= 4 is 5.91 Å². The summed E-state index contributed by atoms with van der Waals surface area (Å²) in [6, 6.07) is 1.02. The molecule has 3 rings (SSSR count). The van der Waals surface area contributed by atoms with Crippen molar-refractivity contribution in [2.75, 3.05) is 20.1 Å². The molecule has 6 heteroatoms. The maximum Gasteiger partial charge on any atom is 0.222 e. The van der Waals surface area contributed by atoms with Crippen LogP contribution in [-0.4, -0.2) is 62.7 Å². The fourth-order valence-electron chi connectivity index (χ4n) is 3.81. The van der Waals surface area contributed by atoms with Gasteiger partial charge in [0, 0.05) is 31.6 Å². The van der Waals surface area contributed by atoms with Gasteiger partial charge >= 0.3 is 0 Å². The topological polar surface area (TPSA) is 54.3 Å². The van der Waals surface area contributed by atoms with Crippen LogP contribution in [0.2, 0.25) is 0 Å². The van der Waals surface area contributed by atoms with Crippen molar-refractivity contribution in [1.82, 2.24) is 24.6 Å². The van der Waals surface area contributed by atoms with E-state index in [1.54, 1.807) is 11.0 Å². The molecule has 0 aliphatic carbocycles. The molecule has 0 saturated carbocycles. The first-order valence-corrected chi connectivity index (χ1v) is 8.08. The molecule has 1 aromatic heterocycles. The number of carbonyl (C=O) groups is 1. The monoisotopic (exact) mass is 291 g/mol. The summed E-state index contributed by atoms with van der Waals surface area (Å²) in [6.45, 7) is 2.89. The van der Waals surface area contributed by atoms with Crippen LogP contribution in [0.25, 0.3) is 0 Å². The summed E-state index contributed by atoms with van der Waals surface area (Å²) in [7, 11) is 2.20. The Hall–Kier alpha value is -1.43. The van der Waals surface area contributed by atoms with Gasteiger partial charge < -0.3 is 9.80 Å². The number of amides is 1. The molecule has 2 atom stereocenters. The number of aromatic nitrogens is 3. The minimum Gasteiger partial charge on any atom is -0.338 e. The molecule has 0 aromatic carbocycles. The van der Waals surface area contributed by atoms with Crippen LogP contribution in [0.15, 0.2) is 12.7 Å². The van der Waals surface area contributed by atoms with E-state index in [0.29, 0.717) is 24.4 Å². The number of likely N-dealkylation sites (tertiary alicyclic amines) is 2. The van der Waals surface area contributed by atoms with Gasteiger partial charge in [-0.05, 0) is 45.7 Å². The van der Waals surface area contributed by atoms with Crippen LogP contribution < -0.4 is 0 Å². The van der Waals surface area contributed by atoms with Gasteiger partial charge in [-0.25, -0.2) is 4.98 Å². The highest BCUT2D eigenvalue weighted by atomic mass is 16.2. The van der Waals surface area contributed by atoms with Crippen LogP contribution >= 0.6 is 0 Å². The number of rotatable bonds is 5. The Balaban J connectivity index is 1.51. The van der Waals surface area contributed by atoms with Crippen LogP contribution in [0, 0.1) is 0 Å². The van der Waals surface area contributed by atoms with Crippen LogP contribution in [0.4, 0.5) is 0 Å². The molecule has 1 aromatic rings. The number of carbonyl (C=O) groups excluding carboxylic acids is 1. The molecule has 0 unspecified atom stereocenters. The van der Waals surface area contributed by atoms with E-state index in [-0.39, 0.29) is 0 Å². The Kier molecular flexibility index (Phi) is 4.53. The second-order valence-electron chi connectivity index (χ2n) is 6.25. The maximum atomic E-state index is 12.5. The summed E-state index contributed by atoms with van der Waals surface area (Å²) < 4.78 is 1.79. The maximum absolute atomic E-state index is 12.5. The Morgan fingerprint density at radius 1 is 1.24 bits per heavy atom. The molecule has 3 heterocycles. The zero-order valence-electron chi connectivity index (χ0n) is 12.8. The van der Waals surface area contributed by atoms with Gasteiger partial charge in [0.05, 0.1) is 0 Å². The van der Waals surface area contributed by atoms with Gasteiger partial charge in [-0.3, -0.25) is 9.48 Å². The average molecular weight is 291 g/mol. The Labute approximate surface area is 126 Å². The molecule has 6 nitrogen and oxygen atoms in total. The van der Waals surface area contributed by atoms with E-state index in [4.69, 9.17) is 0 Å². The van der Waals surface area contributed by atoms with Crippen LogP contribution in [0.3, 0.4) is 0 Å². The lowest BCUT2D eigenvalue weighted by molar-refractivity contribution is -0.133. The third kappa shape index (κ3) is 3.26. The summed E-state index contributed by atoms with van der Waals surface area (Å²) >= 11 is 0. The number of likely N-dealkylation sites (N-methyl/N-ethyl adjacent to an activating group) is 1. The van der Waals surface area contributed by atoms with Crippen LogP contribution in [0.5, 0.6) is 0 Å². The van der Waals surface area contributed by atoms with E-state index in [9.17, 15) is 4.79 Å². The molecule has 2 aliphatic heterocycles. The summed E-state index contributed by atoms with van der Waals surface area (Å²) in [4.78, 5) is 21.0. The van der Waals surface area contributed by atoms with Gasteiger partial charge in [-0.15, -0.1) is 0 Å². The molecule has 0 bridgehead atoms. The van der Waals surface area contributed by atoms with E-state index >= 15 is 0 Å². The standard InChI is InChI=1S/C15H25N5O/c1-18-8-2-5-13(18)14-6-3-10-20(14)15(21)7-4-9-19-12-16-11-17-19/h11-14H,2-10H2,1H3/t13-,14+/m0/s1. The number of hydrogen-bond acceptors (Lipinski definition) is 4. The molecule has 0 radical (unpaired) electrons. The third-order valence-electron chi connectivity index (χ3n) is 4.89. The zero-order chi connectivity index (χ0) is 14.7. The van der Waals surface area contributed by atoms with Crippen molar-refractivity contribution in [3.8, 4) is 0 Å². The normalized spacial score (nSPS) is 26.6. The van der Waals surface area contributed by atoms with Crippen molar-refractivity contribution in [2.24, 2.45) is 0 Å². The second-order valence-corrected chi connectivity index (χ2v) is 6.25. The zero-order valence-corrected chi connectivity index (χ0v) is 12.8. The molecule has 0 spiro atoms. The highest BCUT2D eigenvalue weighted by molar-refractivity contribution is 5.76. The first-order valence-electron chi connectivity index (χ1n) is 8.08. The first kappa shape index (κ1) is 14.5. The van der Waals surface area contributed by atoms with Crippen molar-refractivity contribution < 1.29 is 4.79 Å². The average Bonchev–Trinajstić information content (AvgIpc) is 3.18. The highest BCUT2D eigenvalue weighted by Gasteiger charge is 2.37. The van der Waals surface area contributed by atoms with E-state index in [0.717, 1.165) is 25.9 Å². The van der Waals surface area contributed by atoms with Crippen molar-refractivity contribution in [3.63, 3.8) is 0 Å². The van der Waals surface area contributed by atoms with Crippen molar-refractivity contribution in [2.45, 2.75) is 57.2 Å². The van der Waals surface area contributed by atoms with Gasteiger partial charge in [-0.1, -0.05) is 0 Å². The second kappa shape index (κ2) is 6.56. The minimum absolute atomic E-state index is 0.318. The molecule has 1 amide bonds. The molecule has 2 fully saturated rings. The van der Waals surface area contributed by atoms with Crippen LogP contribution in [0.1, 0.15) is 38.5 Å². The smallest absolute Gasteiger partial charge is 0.222 e. The van der Waals surface area contributed by atoms with Crippen LogP contribution in [-0.2, 0) is 11.3 Å². The first-order chi connectivity index (χ1) is 10.3. The molecule has 2 aliphatic rings. The van der Waals surface area contributed by atoms with Gasteiger partial charge in [0.2, 0.25) is 5.91 Å². The quantitative estimate of drug-likeness (QED) is 0.816. The molecular formula is C15H25N5O. The third-order valence-corrected chi connectivity index (χ3v) is 4.89. The Morgan fingerprint density at radius 2 is 2.05 bits per heavy atom. The van der Waals surface area contributed by atoms with E-state index in [1.807, 2.05) is 0 Å². The lowest BCUT2D eigenvalue weighted by Gasteiger charge is -2.33. The highest BCUT2D eigenvalue weighted by Crippen LogP contribution is 2.29. The van der Waals surface area contributed by atoms with E-state index in [1.165, 1.54) is 32.1 Å². The Bertz CT molecular complexity index is 461. The number of aryl methyl sites for hydroxylation is 1. The fraction of sp³-hybridized carbons (Fsp3) is 0.800. The summed E-state index contributed by atoms with van der Waals surface area (Å²) in [6.07, 6.45) is 9.53. The summed E-state index contributed by atoms with van der Waals surface area (Å²) in [5.74, 6) is 0.318. The van der Waals surface area contributed by atoms with Gasteiger partial charge in [0.15, 0.2) is 0 Å².